The predicted molar refractivity (Wildman–Crippen MR) is 136 cm³/mol. The number of likely N-dealkylation sites (tertiary alicyclic amines) is 1. The molecule has 0 saturated carbocycles. The number of methoxy groups -OCH3 is 1. The molecule has 0 aromatic heterocycles. The molecule has 8 nitrogen and oxygen atoms in total. The third kappa shape index (κ3) is 4.78. The molecule has 2 atom stereocenters. The fourth-order valence-electron chi connectivity index (χ4n) is 5.05. The van der Waals surface area contributed by atoms with Gasteiger partial charge in [0.15, 0.2) is 11.5 Å². The summed E-state index contributed by atoms with van der Waals surface area (Å²) in [6.07, 6.45) is 1.42. The number of aliphatic hydroxyl groups is 1. The molecule has 2 aromatic carbocycles. The van der Waals surface area contributed by atoms with Gasteiger partial charge in [-0.05, 0) is 74.4 Å². The van der Waals surface area contributed by atoms with Crippen molar-refractivity contribution in [3.63, 3.8) is 0 Å². The molecule has 1 fully saturated rings. The summed E-state index contributed by atoms with van der Waals surface area (Å²) in [6, 6.07) is 9.22. The van der Waals surface area contributed by atoms with Crippen molar-refractivity contribution in [3.8, 4) is 17.2 Å². The van der Waals surface area contributed by atoms with Gasteiger partial charge in [-0.3, -0.25) is 9.59 Å². The molecule has 2 aliphatic rings. The largest absolute Gasteiger partial charge is 0.507 e. The zero-order chi connectivity index (χ0) is 26.0. The number of aromatic hydroxyl groups is 1. The van der Waals surface area contributed by atoms with Crippen molar-refractivity contribution in [1.29, 1.82) is 0 Å². The van der Waals surface area contributed by atoms with Crippen LogP contribution in [-0.4, -0.2) is 71.1 Å². The van der Waals surface area contributed by atoms with Crippen LogP contribution in [0.25, 0.3) is 5.76 Å². The molecule has 2 aliphatic heterocycles. The molecule has 0 aliphatic carbocycles. The minimum atomic E-state index is -0.806. The van der Waals surface area contributed by atoms with Crippen molar-refractivity contribution in [2.45, 2.75) is 45.8 Å². The lowest BCUT2D eigenvalue weighted by atomic mass is 9.94. The van der Waals surface area contributed by atoms with Crippen molar-refractivity contribution in [2.24, 2.45) is 0 Å². The third-order valence-corrected chi connectivity index (χ3v) is 7.00. The van der Waals surface area contributed by atoms with Crippen LogP contribution in [0.1, 0.15) is 49.9 Å². The molecule has 4 rings (SSSR count). The number of benzene rings is 2. The predicted octanol–water partition coefficient (Wildman–Crippen LogP) is 3.88. The van der Waals surface area contributed by atoms with Gasteiger partial charge in [-0.15, -0.1) is 0 Å². The lowest BCUT2D eigenvalue weighted by Gasteiger charge is -2.27. The van der Waals surface area contributed by atoms with Crippen molar-refractivity contribution in [1.82, 2.24) is 9.80 Å². The van der Waals surface area contributed by atoms with Crippen LogP contribution < -0.4 is 9.47 Å². The van der Waals surface area contributed by atoms with Crippen LogP contribution in [0.4, 0.5) is 0 Å². The SMILES string of the molecule is CCN(CC)CCCN1C(=O)C(=O)/C(=C(/O)c2ccc3c(c2)C[C@H](C)O3)[C@H]1c1ccc(O)c(OC)c1. The van der Waals surface area contributed by atoms with E-state index in [1.54, 1.807) is 24.3 Å². The van der Waals surface area contributed by atoms with E-state index in [9.17, 15) is 19.8 Å². The Labute approximate surface area is 211 Å². The number of carbonyl (C=O) groups is 2. The average molecular weight is 495 g/mol. The van der Waals surface area contributed by atoms with E-state index < -0.39 is 17.7 Å². The van der Waals surface area contributed by atoms with Crippen LogP contribution in [0.3, 0.4) is 0 Å². The van der Waals surface area contributed by atoms with E-state index >= 15 is 0 Å². The first-order valence-corrected chi connectivity index (χ1v) is 12.5. The van der Waals surface area contributed by atoms with Gasteiger partial charge in [-0.1, -0.05) is 19.9 Å². The minimum Gasteiger partial charge on any atom is -0.507 e. The van der Waals surface area contributed by atoms with E-state index in [0.29, 0.717) is 30.5 Å². The van der Waals surface area contributed by atoms with Crippen LogP contribution in [0.5, 0.6) is 17.2 Å². The Bertz CT molecular complexity index is 1190. The zero-order valence-corrected chi connectivity index (χ0v) is 21.3. The highest BCUT2D eigenvalue weighted by molar-refractivity contribution is 6.46. The summed E-state index contributed by atoms with van der Waals surface area (Å²) in [5.41, 5.74) is 2.01. The van der Waals surface area contributed by atoms with E-state index in [0.717, 1.165) is 30.9 Å². The Morgan fingerprint density at radius 2 is 1.92 bits per heavy atom. The summed E-state index contributed by atoms with van der Waals surface area (Å²) in [4.78, 5) is 30.3. The monoisotopic (exact) mass is 494 g/mol. The number of hydrogen-bond donors (Lipinski definition) is 2. The number of amides is 1. The highest BCUT2D eigenvalue weighted by atomic mass is 16.5. The molecule has 0 radical (unpaired) electrons. The number of carbonyl (C=O) groups excluding carboxylic acids is 2. The molecule has 0 spiro atoms. The molecular formula is C28H34N2O6. The highest BCUT2D eigenvalue weighted by Gasteiger charge is 2.46. The molecule has 2 aromatic rings. The maximum absolute atomic E-state index is 13.3. The standard InChI is InChI=1S/C28H34N2O6/c1-5-29(6-2)12-7-13-30-25(18-8-10-21(31)23(16-18)35-4)24(27(33)28(30)34)26(32)19-9-11-22-20(15-19)14-17(3)36-22/h8-11,15-17,25,31-32H,5-7,12-14H2,1-4H3/b26-24+/t17-,25+/m0/s1. The Kier molecular flexibility index (Phi) is 7.54. The van der Waals surface area contributed by atoms with Crippen LogP contribution >= 0.6 is 0 Å². The minimum absolute atomic E-state index is 0.0301. The van der Waals surface area contributed by atoms with E-state index in [-0.39, 0.29) is 28.9 Å². The molecule has 1 amide bonds. The number of ketones is 1. The number of aliphatic hydroxyl groups excluding tert-OH is 1. The van der Waals surface area contributed by atoms with Crippen molar-refractivity contribution >= 4 is 17.4 Å². The quantitative estimate of drug-likeness (QED) is 0.310. The molecule has 2 heterocycles. The molecular weight excluding hydrogens is 460 g/mol. The number of fused-ring (bicyclic) bond motifs is 1. The summed E-state index contributed by atoms with van der Waals surface area (Å²) in [6.45, 7) is 9.07. The topological polar surface area (TPSA) is 99.5 Å². The molecule has 1 saturated heterocycles. The average Bonchev–Trinajstić information content (AvgIpc) is 3.37. The first-order valence-electron chi connectivity index (χ1n) is 12.5. The number of ether oxygens (including phenoxy) is 2. The summed E-state index contributed by atoms with van der Waals surface area (Å²) in [5, 5.41) is 21.5. The first kappa shape index (κ1) is 25.6. The van der Waals surface area contributed by atoms with Gasteiger partial charge in [0.25, 0.3) is 11.7 Å². The van der Waals surface area contributed by atoms with Crippen molar-refractivity contribution in [3.05, 3.63) is 58.7 Å². The Morgan fingerprint density at radius 3 is 2.61 bits per heavy atom. The van der Waals surface area contributed by atoms with Gasteiger partial charge >= 0.3 is 0 Å². The summed E-state index contributed by atoms with van der Waals surface area (Å²) < 4.78 is 11.0. The first-order chi connectivity index (χ1) is 17.3. The lowest BCUT2D eigenvalue weighted by molar-refractivity contribution is -0.140. The van der Waals surface area contributed by atoms with Gasteiger partial charge in [0.05, 0.1) is 18.7 Å². The maximum Gasteiger partial charge on any atom is 0.295 e. The van der Waals surface area contributed by atoms with Gasteiger partial charge in [0.2, 0.25) is 0 Å². The Morgan fingerprint density at radius 1 is 1.17 bits per heavy atom. The number of nitrogens with zero attached hydrogens (tertiary/aromatic N) is 2. The van der Waals surface area contributed by atoms with Crippen LogP contribution in [0.2, 0.25) is 0 Å². The van der Waals surface area contributed by atoms with E-state index in [1.807, 2.05) is 13.0 Å². The van der Waals surface area contributed by atoms with Crippen molar-refractivity contribution in [2.75, 3.05) is 33.3 Å². The molecule has 192 valence electrons. The summed E-state index contributed by atoms with van der Waals surface area (Å²) in [5.74, 6) is -0.657. The molecule has 8 heteroatoms. The molecule has 0 unspecified atom stereocenters. The molecule has 36 heavy (non-hydrogen) atoms. The Hall–Kier alpha value is -3.52. The summed E-state index contributed by atoms with van der Waals surface area (Å²) >= 11 is 0. The van der Waals surface area contributed by atoms with E-state index in [4.69, 9.17) is 9.47 Å². The zero-order valence-electron chi connectivity index (χ0n) is 21.3. The Balaban J connectivity index is 1.77. The van der Waals surface area contributed by atoms with Gasteiger partial charge in [0.1, 0.15) is 17.6 Å². The maximum atomic E-state index is 13.3. The van der Waals surface area contributed by atoms with Crippen molar-refractivity contribution < 1.29 is 29.3 Å². The molecule has 0 bridgehead atoms. The van der Waals surface area contributed by atoms with Gasteiger partial charge in [0, 0.05) is 18.5 Å². The summed E-state index contributed by atoms with van der Waals surface area (Å²) in [7, 11) is 1.44. The highest BCUT2D eigenvalue weighted by Crippen LogP contribution is 2.42. The second kappa shape index (κ2) is 10.6. The van der Waals surface area contributed by atoms with Gasteiger partial charge in [-0.25, -0.2) is 0 Å². The fourth-order valence-corrected chi connectivity index (χ4v) is 5.05. The lowest BCUT2D eigenvalue weighted by Crippen LogP contribution is -2.33. The fraction of sp³-hybridized carbons (Fsp3) is 0.429. The van der Waals surface area contributed by atoms with Gasteiger partial charge < -0.3 is 29.5 Å². The number of hydrogen-bond acceptors (Lipinski definition) is 7. The third-order valence-electron chi connectivity index (χ3n) is 7.00. The number of rotatable bonds is 9. The number of phenols is 1. The van der Waals surface area contributed by atoms with Crippen LogP contribution in [-0.2, 0) is 16.0 Å². The smallest absolute Gasteiger partial charge is 0.295 e. The van der Waals surface area contributed by atoms with E-state index in [2.05, 4.69) is 18.7 Å². The normalized spacial score (nSPS) is 20.6. The van der Waals surface area contributed by atoms with Crippen LogP contribution in [0.15, 0.2) is 42.0 Å². The molecule has 2 N–H and O–H groups in total. The van der Waals surface area contributed by atoms with Gasteiger partial charge in [-0.2, -0.15) is 0 Å². The van der Waals surface area contributed by atoms with Crippen LogP contribution in [0, 0.1) is 0 Å². The van der Waals surface area contributed by atoms with E-state index in [1.165, 1.54) is 18.1 Å². The second-order valence-electron chi connectivity index (χ2n) is 9.26. The number of phenolic OH excluding ortho intramolecular Hbond substituents is 1. The number of Topliss-reactive ketones (excluding diaryl/α,β-unsaturated/α-hetero) is 1. The second-order valence-corrected chi connectivity index (χ2v) is 9.26.